The number of alkyl halides is 1. The van der Waals surface area contributed by atoms with Gasteiger partial charge in [-0.1, -0.05) is 39.1 Å². The lowest BCUT2D eigenvalue weighted by Gasteiger charge is -2.31. The van der Waals surface area contributed by atoms with Gasteiger partial charge in [0.25, 0.3) is 0 Å². The highest BCUT2D eigenvalue weighted by Gasteiger charge is 2.32. The molecule has 1 heterocycles. The summed E-state index contributed by atoms with van der Waals surface area (Å²) in [6.45, 7) is 0.834. The quantitative estimate of drug-likeness (QED) is 0.565. The van der Waals surface area contributed by atoms with Crippen molar-refractivity contribution in [2.45, 2.75) is 17.7 Å². The second-order valence-electron chi connectivity index (χ2n) is 4.70. The third-order valence-corrected chi connectivity index (χ3v) is 6.91. The van der Waals surface area contributed by atoms with Gasteiger partial charge in [0.2, 0.25) is 10.0 Å². The van der Waals surface area contributed by atoms with Crippen LogP contribution in [0.2, 0.25) is 10.0 Å². The van der Waals surface area contributed by atoms with Crippen LogP contribution in [-0.4, -0.2) is 31.1 Å². The minimum atomic E-state index is -3.79. The van der Waals surface area contributed by atoms with Crippen molar-refractivity contribution in [2.24, 2.45) is 5.92 Å². The van der Waals surface area contributed by atoms with E-state index in [4.69, 9.17) is 23.2 Å². The second-order valence-corrected chi connectivity index (χ2v) is 8.04. The Morgan fingerprint density at radius 3 is 2.75 bits per heavy atom. The highest BCUT2D eigenvalue weighted by molar-refractivity contribution is 9.09. The van der Waals surface area contributed by atoms with Gasteiger partial charge in [-0.3, -0.25) is 0 Å². The lowest BCUT2D eigenvalue weighted by molar-refractivity contribution is 0.285. The molecule has 3 nitrogen and oxygen atoms in total. The van der Waals surface area contributed by atoms with E-state index in [2.05, 4.69) is 15.9 Å². The molecule has 1 atom stereocenters. The third kappa shape index (κ3) is 3.14. The number of halogens is 4. The molecule has 0 aliphatic carbocycles. The summed E-state index contributed by atoms with van der Waals surface area (Å²) < 4.78 is 40.1. The van der Waals surface area contributed by atoms with Crippen molar-refractivity contribution in [3.8, 4) is 0 Å². The molecule has 0 N–H and O–H groups in total. The predicted octanol–water partition coefficient (Wildman–Crippen LogP) is 3.93. The molecule has 112 valence electrons. The molecule has 0 radical (unpaired) electrons. The Labute approximate surface area is 136 Å². The van der Waals surface area contributed by atoms with Crippen molar-refractivity contribution < 1.29 is 12.8 Å². The number of rotatable bonds is 3. The Hall–Kier alpha value is 0.120. The van der Waals surface area contributed by atoms with Gasteiger partial charge < -0.3 is 0 Å². The minimum absolute atomic E-state index is 0.189. The van der Waals surface area contributed by atoms with Crippen molar-refractivity contribution in [2.75, 3.05) is 18.4 Å². The van der Waals surface area contributed by atoms with Gasteiger partial charge >= 0.3 is 0 Å². The Balaban J connectivity index is 2.38. The maximum Gasteiger partial charge on any atom is 0.244 e. The highest BCUT2D eigenvalue weighted by atomic mass is 79.9. The minimum Gasteiger partial charge on any atom is -0.207 e. The number of benzene rings is 1. The lowest BCUT2D eigenvalue weighted by atomic mass is 10.0. The van der Waals surface area contributed by atoms with Crippen LogP contribution in [0.25, 0.3) is 0 Å². The van der Waals surface area contributed by atoms with E-state index >= 15 is 0 Å². The van der Waals surface area contributed by atoms with E-state index in [9.17, 15) is 12.8 Å². The van der Waals surface area contributed by atoms with Crippen LogP contribution in [0.15, 0.2) is 17.0 Å². The molecule has 0 amide bonds. The summed E-state index contributed by atoms with van der Waals surface area (Å²) in [5, 5.41) is 0.103. The molecule has 0 spiro atoms. The van der Waals surface area contributed by atoms with Crippen LogP contribution < -0.4 is 0 Å². The average Bonchev–Trinajstić information content (AvgIpc) is 2.44. The first-order chi connectivity index (χ1) is 9.37. The van der Waals surface area contributed by atoms with E-state index in [0.29, 0.717) is 13.1 Å². The maximum absolute atomic E-state index is 13.7. The van der Waals surface area contributed by atoms with E-state index < -0.39 is 20.9 Å². The molecule has 1 saturated heterocycles. The van der Waals surface area contributed by atoms with E-state index in [1.807, 2.05) is 0 Å². The first-order valence-electron chi connectivity index (χ1n) is 6.07. The summed E-state index contributed by atoms with van der Waals surface area (Å²) in [5.41, 5.74) is 0. The zero-order chi connectivity index (χ0) is 14.9. The van der Waals surface area contributed by atoms with Crippen LogP contribution in [-0.2, 0) is 10.0 Å². The molecule has 1 aliphatic rings. The van der Waals surface area contributed by atoms with Crippen molar-refractivity contribution in [1.29, 1.82) is 0 Å². The highest BCUT2D eigenvalue weighted by Crippen LogP contribution is 2.33. The molecule has 1 aromatic carbocycles. The Morgan fingerprint density at radius 2 is 2.10 bits per heavy atom. The molecular weight excluding hydrogens is 392 g/mol. The molecule has 20 heavy (non-hydrogen) atoms. The van der Waals surface area contributed by atoms with Gasteiger partial charge in [-0.15, -0.1) is 0 Å². The van der Waals surface area contributed by atoms with Gasteiger partial charge in [-0.05, 0) is 30.9 Å². The van der Waals surface area contributed by atoms with Crippen molar-refractivity contribution >= 4 is 49.2 Å². The Morgan fingerprint density at radius 1 is 1.40 bits per heavy atom. The summed E-state index contributed by atoms with van der Waals surface area (Å²) in [4.78, 5) is -0.226. The van der Waals surface area contributed by atoms with Crippen LogP contribution in [0.4, 0.5) is 4.39 Å². The summed E-state index contributed by atoms with van der Waals surface area (Å²) >= 11 is 14.8. The molecule has 1 aliphatic heterocycles. The normalized spacial score (nSPS) is 21.1. The SMILES string of the molecule is O=S(=O)(c1ccc(Cl)c(F)c1Cl)N1CCCC(CBr)C1. The molecular formula is C12H13BrCl2FNO2S. The predicted molar refractivity (Wildman–Crippen MR) is 81.7 cm³/mol. The Kier molecular flexibility index (Phi) is 5.34. The van der Waals surface area contributed by atoms with E-state index in [1.165, 1.54) is 16.4 Å². The fourth-order valence-electron chi connectivity index (χ4n) is 2.22. The number of sulfonamides is 1. The van der Waals surface area contributed by atoms with Gasteiger partial charge in [0.05, 0.1) is 10.0 Å². The van der Waals surface area contributed by atoms with E-state index in [1.54, 1.807) is 0 Å². The average molecular weight is 405 g/mol. The third-order valence-electron chi connectivity index (χ3n) is 3.32. The van der Waals surface area contributed by atoms with Crippen LogP contribution in [0.5, 0.6) is 0 Å². The van der Waals surface area contributed by atoms with Crippen LogP contribution in [0.1, 0.15) is 12.8 Å². The summed E-state index contributed by atoms with van der Waals surface area (Å²) in [7, 11) is -3.79. The molecule has 8 heteroatoms. The van der Waals surface area contributed by atoms with Crippen LogP contribution >= 0.6 is 39.1 Å². The van der Waals surface area contributed by atoms with Gasteiger partial charge in [0.1, 0.15) is 4.90 Å². The molecule has 2 rings (SSSR count). The molecule has 0 saturated carbocycles. The standard InChI is InChI=1S/C12H13BrCl2FNO2S/c13-6-8-2-1-5-17(7-8)20(18,19)10-4-3-9(14)12(16)11(10)15/h3-4,8H,1-2,5-7H2. The van der Waals surface area contributed by atoms with Gasteiger partial charge in [0.15, 0.2) is 5.82 Å². The summed E-state index contributed by atoms with van der Waals surface area (Å²) in [6, 6.07) is 2.46. The smallest absolute Gasteiger partial charge is 0.207 e. The number of nitrogens with zero attached hydrogens (tertiary/aromatic N) is 1. The van der Waals surface area contributed by atoms with Crippen molar-refractivity contribution in [1.82, 2.24) is 4.31 Å². The van der Waals surface area contributed by atoms with Gasteiger partial charge in [0, 0.05) is 18.4 Å². The molecule has 1 aromatic rings. The summed E-state index contributed by atoms with van der Waals surface area (Å²) in [6.07, 6.45) is 1.75. The van der Waals surface area contributed by atoms with Crippen LogP contribution in [0, 0.1) is 11.7 Å². The monoisotopic (exact) mass is 403 g/mol. The number of piperidine rings is 1. The fourth-order valence-corrected chi connectivity index (χ4v) is 5.02. The molecule has 0 aromatic heterocycles. The maximum atomic E-state index is 13.7. The first kappa shape index (κ1) is 16.5. The number of hydrogen-bond acceptors (Lipinski definition) is 2. The molecule has 1 fully saturated rings. The lowest BCUT2D eigenvalue weighted by Crippen LogP contribution is -2.40. The largest absolute Gasteiger partial charge is 0.244 e. The van der Waals surface area contributed by atoms with Gasteiger partial charge in [-0.2, -0.15) is 4.31 Å². The fraction of sp³-hybridized carbons (Fsp3) is 0.500. The molecule has 0 bridgehead atoms. The number of hydrogen-bond donors (Lipinski definition) is 0. The van der Waals surface area contributed by atoms with E-state index in [-0.39, 0.29) is 15.8 Å². The first-order valence-corrected chi connectivity index (χ1v) is 9.39. The van der Waals surface area contributed by atoms with Crippen molar-refractivity contribution in [3.63, 3.8) is 0 Å². The summed E-state index contributed by atoms with van der Waals surface area (Å²) in [5.74, 6) is -0.641. The zero-order valence-corrected chi connectivity index (χ0v) is 14.4. The van der Waals surface area contributed by atoms with Crippen molar-refractivity contribution in [3.05, 3.63) is 28.0 Å². The Bertz CT molecular complexity index is 612. The second kappa shape index (κ2) is 6.48. The molecule has 1 unspecified atom stereocenters. The topological polar surface area (TPSA) is 37.4 Å². The van der Waals surface area contributed by atoms with E-state index in [0.717, 1.165) is 18.2 Å². The zero-order valence-electron chi connectivity index (χ0n) is 10.5. The van der Waals surface area contributed by atoms with Crippen LogP contribution in [0.3, 0.4) is 0 Å². The van der Waals surface area contributed by atoms with Gasteiger partial charge in [-0.25, -0.2) is 12.8 Å².